The molecule has 6 heteroatoms. The first-order valence-electron chi connectivity index (χ1n) is 8.59. The van der Waals surface area contributed by atoms with Crippen molar-refractivity contribution < 1.29 is 19.1 Å². The molecule has 0 aliphatic rings. The fraction of sp³-hybridized carbons (Fsp3) is 0.350. The van der Waals surface area contributed by atoms with Crippen LogP contribution < -0.4 is 10.0 Å². The molecule has 1 amide bonds. The number of nitrogens with one attached hydrogen (secondary N) is 1. The average Bonchev–Trinajstić information content (AvgIpc) is 2.59. The van der Waals surface area contributed by atoms with Crippen molar-refractivity contribution in [1.82, 2.24) is 0 Å². The first-order valence-corrected chi connectivity index (χ1v) is 8.59. The summed E-state index contributed by atoms with van der Waals surface area (Å²) in [6.07, 6.45) is 1.20. The zero-order chi connectivity index (χ0) is 19.3. The Labute approximate surface area is 153 Å². The van der Waals surface area contributed by atoms with Crippen LogP contribution in [-0.2, 0) is 9.53 Å². The third kappa shape index (κ3) is 4.59. The summed E-state index contributed by atoms with van der Waals surface area (Å²) in [5.41, 5.74) is 2.65. The van der Waals surface area contributed by atoms with Gasteiger partial charge in [0.2, 0.25) is 0 Å². The lowest BCUT2D eigenvalue weighted by atomic mass is 9.92. The lowest BCUT2D eigenvalue weighted by Crippen LogP contribution is -2.35. The van der Waals surface area contributed by atoms with E-state index in [1.807, 2.05) is 18.2 Å². The number of hydrogen-bond acceptors (Lipinski definition) is 4. The Balaban J connectivity index is 2.11. The van der Waals surface area contributed by atoms with Gasteiger partial charge in [-0.05, 0) is 29.0 Å². The van der Waals surface area contributed by atoms with Crippen molar-refractivity contribution >= 4 is 17.6 Å². The highest BCUT2D eigenvalue weighted by atomic mass is 16.5. The zero-order valence-electron chi connectivity index (χ0n) is 15.5. The van der Waals surface area contributed by atoms with E-state index in [0.717, 1.165) is 16.8 Å². The second kappa shape index (κ2) is 8.47. The van der Waals surface area contributed by atoms with E-state index in [2.05, 4.69) is 33.0 Å². The van der Waals surface area contributed by atoms with Gasteiger partial charge in [0.1, 0.15) is 0 Å². The van der Waals surface area contributed by atoms with E-state index in [-0.39, 0.29) is 17.5 Å². The van der Waals surface area contributed by atoms with Crippen LogP contribution in [0.5, 0.6) is 0 Å². The van der Waals surface area contributed by atoms with E-state index < -0.39 is 18.5 Å². The number of hydrogen-bond donors (Lipinski definition) is 1. The maximum atomic E-state index is 12.3. The van der Waals surface area contributed by atoms with Crippen LogP contribution in [0.4, 0.5) is 5.69 Å². The minimum absolute atomic E-state index is 0.161. The first kappa shape index (κ1) is 19.4. The van der Waals surface area contributed by atoms with Crippen LogP contribution in [0.15, 0.2) is 42.6 Å². The van der Waals surface area contributed by atoms with Gasteiger partial charge >= 0.3 is 11.7 Å². The van der Waals surface area contributed by atoms with Gasteiger partial charge in [0, 0.05) is 17.8 Å². The minimum atomic E-state index is -0.836. The Morgan fingerprint density at radius 2 is 1.65 bits per heavy atom. The summed E-state index contributed by atoms with van der Waals surface area (Å²) in [5, 5.41) is 14.4. The number of ether oxygens (including phenoxy) is 1. The number of anilines is 1. The molecule has 138 valence electrons. The van der Waals surface area contributed by atoms with Crippen LogP contribution >= 0.6 is 0 Å². The molecule has 0 aliphatic carbocycles. The van der Waals surface area contributed by atoms with Crippen LogP contribution in [0.2, 0.25) is 0 Å². The highest BCUT2D eigenvalue weighted by Gasteiger charge is 2.20. The molecule has 0 aliphatic heterocycles. The van der Waals surface area contributed by atoms with Crippen molar-refractivity contribution in [3.8, 4) is 0 Å². The molecule has 0 bridgehead atoms. The van der Waals surface area contributed by atoms with Crippen LogP contribution in [0.3, 0.4) is 0 Å². The fourth-order valence-electron chi connectivity index (χ4n) is 2.66. The normalized spacial score (nSPS) is 10.8. The van der Waals surface area contributed by atoms with E-state index in [4.69, 9.17) is 4.74 Å². The summed E-state index contributed by atoms with van der Waals surface area (Å²) in [7, 11) is 0. The molecule has 6 nitrogen and oxygen atoms in total. The van der Waals surface area contributed by atoms with Gasteiger partial charge in [-0.1, -0.05) is 45.9 Å². The minimum Gasteiger partial charge on any atom is -0.618 e. The number of nitrogens with zero attached hydrogens (tertiary/aromatic N) is 1. The number of esters is 1. The van der Waals surface area contributed by atoms with Crippen molar-refractivity contribution in [1.29, 1.82) is 0 Å². The quantitative estimate of drug-likeness (QED) is 0.489. The zero-order valence-corrected chi connectivity index (χ0v) is 15.5. The largest absolute Gasteiger partial charge is 0.618 e. The molecule has 0 unspecified atom stereocenters. The van der Waals surface area contributed by atoms with Gasteiger partial charge in [-0.3, -0.25) is 4.79 Å². The van der Waals surface area contributed by atoms with Gasteiger partial charge in [0.25, 0.3) is 5.91 Å². The van der Waals surface area contributed by atoms with Gasteiger partial charge in [0.05, 0.1) is 0 Å². The van der Waals surface area contributed by atoms with Gasteiger partial charge in [-0.25, -0.2) is 4.79 Å². The van der Waals surface area contributed by atoms with Crippen molar-refractivity contribution in [3.63, 3.8) is 0 Å². The summed E-state index contributed by atoms with van der Waals surface area (Å²) in [4.78, 5) is 24.3. The van der Waals surface area contributed by atoms with Gasteiger partial charge in [0.15, 0.2) is 12.8 Å². The SMILES string of the molecule is CC(C)c1cccc(C(C)C)c1NC(=O)COC(=O)c1cccc[n+]1[O-]. The smallest absolute Gasteiger partial charge is 0.405 e. The second-order valence-electron chi connectivity index (χ2n) is 6.66. The van der Waals surface area contributed by atoms with Crippen molar-refractivity contribution in [2.24, 2.45) is 0 Å². The number of aromatic nitrogens is 1. The molecule has 1 aromatic heterocycles. The Morgan fingerprint density at radius 1 is 1.04 bits per heavy atom. The molecule has 0 saturated heterocycles. The van der Waals surface area contributed by atoms with E-state index in [1.165, 1.54) is 18.3 Å². The monoisotopic (exact) mass is 356 g/mol. The van der Waals surface area contributed by atoms with Crippen molar-refractivity contribution in [2.75, 3.05) is 11.9 Å². The number of carbonyl (C=O) groups is 2. The molecule has 0 spiro atoms. The number of rotatable bonds is 6. The highest BCUT2D eigenvalue weighted by molar-refractivity contribution is 5.95. The Bertz CT molecular complexity index is 774. The van der Waals surface area contributed by atoms with Crippen molar-refractivity contribution in [3.05, 3.63) is 64.6 Å². The van der Waals surface area contributed by atoms with Crippen LogP contribution in [0.25, 0.3) is 0 Å². The Kier molecular flexibility index (Phi) is 6.33. The van der Waals surface area contributed by atoms with E-state index in [1.54, 1.807) is 6.07 Å². The first-order chi connectivity index (χ1) is 12.3. The average molecular weight is 356 g/mol. The summed E-state index contributed by atoms with van der Waals surface area (Å²) < 4.78 is 5.38. The van der Waals surface area contributed by atoms with Crippen LogP contribution in [-0.4, -0.2) is 18.5 Å². The van der Waals surface area contributed by atoms with Crippen LogP contribution in [0.1, 0.15) is 61.1 Å². The van der Waals surface area contributed by atoms with Gasteiger partial charge in [-0.2, -0.15) is 4.73 Å². The van der Waals surface area contributed by atoms with Gasteiger partial charge in [-0.15, -0.1) is 0 Å². The third-order valence-corrected chi connectivity index (χ3v) is 4.00. The number of carbonyl (C=O) groups excluding carboxylic acids is 2. The lowest BCUT2D eigenvalue weighted by molar-refractivity contribution is -0.608. The maximum absolute atomic E-state index is 12.3. The van der Waals surface area contributed by atoms with Crippen molar-refractivity contribution in [2.45, 2.75) is 39.5 Å². The summed E-state index contributed by atoms with van der Waals surface area (Å²) in [6.45, 7) is 7.75. The summed E-state index contributed by atoms with van der Waals surface area (Å²) >= 11 is 0. The molecule has 1 aromatic carbocycles. The Morgan fingerprint density at radius 3 is 2.19 bits per heavy atom. The number of benzene rings is 1. The van der Waals surface area contributed by atoms with Crippen LogP contribution in [0, 0.1) is 5.21 Å². The van der Waals surface area contributed by atoms with E-state index >= 15 is 0 Å². The Hall–Kier alpha value is -2.89. The summed E-state index contributed by atoms with van der Waals surface area (Å²) in [6, 6.07) is 10.3. The van der Waals surface area contributed by atoms with E-state index in [9.17, 15) is 14.8 Å². The molecule has 1 heterocycles. The maximum Gasteiger partial charge on any atom is 0.405 e. The molecule has 0 fully saturated rings. The molecule has 0 radical (unpaired) electrons. The predicted molar refractivity (Wildman–Crippen MR) is 98.9 cm³/mol. The molecular weight excluding hydrogens is 332 g/mol. The topological polar surface area (TPSA) is 82.3 Å². The fourth-order valence-corrected chi connectivity index (χ4v) is 2.66. The molecular formula is C20H24N2O4. The standard InChI is InChI=1S/C20H24N2O4/c1-13(2)15-8-7-9-16(14(3)4)19(15)21-18(23)12-26-20(24)17-10-5-6-11-22(17)25/h5-11,13-14H,12H2,1-4H3,(H,21,23). The molecule has 2 aromatic rings. The number of amides is 1. The molecule has 1 N–H and O–H groups in total. The molecule has 0 saturated carbocycles. The predicted octanol–water partition coefficient (Wildman–Crippen LogP) is 3.36. The summed E-state index contributed by atoms with van der Waals surface area (Å²) in [5.74, 6) is -0.815. The third-order valence-electron chi connectivity index (χ3n) is 4.00. The molecule has 2 rings (SSSR count). The number of pyridine rings is 1. The lowest BCUT2D eigenvalue weighted by Gasteiger charge is -2.20. The second-order valence-corrected chi connectivity index (χ2v) is 6.66. The molecule has 26 heavy (non-hydrogen) atoms. The molecule has 0 atom stereocenters. The van der Waals surface area contributed by atoms with Gasteiger partial charge < -0.3 is 15.3 Å². The van der Waals surface area contributed by atoms with E-state index in [0.29, 0.717) is 4.73 Å². The number of para-hydroxylation sites is 1. The highest BCUT2D eigenvalue weighted by Crippen LogP contribution is 2.32.